The number of nitrogens with zero attached hydrogens (tertiary/aromatic N) is 1. The van der Waals surface area contributed by atoms with Crippen LogP contribution in [0.2, 0.25) is 0 Å². The SMILES string of the molecule is NC(=O)c1cnccc1NC1CCCC(CO)C1. The van der Waals surface area contributed by atoms with Crippen molar-refractivity contribution < 1.29 is 9.90 Å². The second-order valence-corrected chi connectivity index (χ2v) is 4.84. The average molecular weight is 249 g/mol. The Balaban J connectivity index is 2.07. The van der Waals surface area contributed by atoms with Gasteiger partial charge in [-0.2, -0.15) is 0 Å². The van der Waals surface area contributed by atoms with E-state index in [0.29, 0.717) is 11.5 Å². The number of carbonyl (C=O) groups is 1. The number of primary amides is 1. The number of nitrogens with one attached hydrogen (secondary N) is 1. The number of rotatable bonds is 4. The van der Waals surface area contributed by atoms with E-state index in [4.69, 9.17) is 5.73 Å². The monoisotopic (exact) mass is 249 g/mol. The van der Waals surface area contributed by atoms with Crippen molar-refractivity contribution >= 4 is 11.6 Å². The Morgan fingerprint density at radius 1 is 1.56 bits per heavy atom. The van der Waals surface area contributed by atoms with E-state index in [2.05, 4.69) is 10.3 Å². The van der Waals surface area contributed by atoms with Crippen LogP contribution in [-0.2, 0) is 0 Å². The lowest BCUT2D eigenvalue weighted by molar-refractivity contribution is 0.100. The molecule has 5 nitrogen and oxygen atoms in total. The first-order valence-corrected chi connectivity index (χ1v) is 6.32. The summed E-state index contributed by atoms with van der Waals surface area (Å²) in [7, 11) is 0. The molecule has 1 saturated carbocycles. The van der Waals surface area contributed by atoms with E-state index >= 15 is 0 Å². The summed E-state index contributed by atoms with van der Waals surface area (Å²) in [6.45, 7) is 0.233. The van der Waals surface area contributed by atoms with Gasteiger partial charge in [-0.1, -0.05) is 6.42 Å². The molecule has 1 fully saturated rings. The van der Waals surface area contributed by atoms with Crippen LogP contribution in [0.1, 0.15) is 36.0 Å². The summed E-state index contributed by atoms with van der Waals surface area (Å²) in [4.78, 5) is 15.2. The van der Waals surface area contributed by atoms with Crippen LogP contribution in [0.15, 0.2) is 18.5 Å². The van der Waals surface area contributed by atoms with Crippen LogP contribution in [0.25, 0.3) is 0 Å². The first kappa shape index (κ1) is 12.8. The van der Waals surface area contributed by atoms with Gasteiger partial charge in [-0.15, -0.1) is 0 Å². The van der Waals surface area contributed by atoms with Gasteiger partial charge in [-0.3, -0.25) is 9.78 Å². The number of nitrogens with two attached hydrogens (primary N) is 1. The molecule has 2 rings (SSSR count). The van der Waals surface area contributed by atoms with Gasteiger partial charge in [0.15, 0.2) is 0 Å². The summed E-state index contributed by atoms with van der Waals surface area (Å²) in [6.07, 6.45) is 7.28. The van der Waals surface area contributed by atoms with Gasteiger partial charge in [0.05, 0.1) is 11.3 Å². The fraction of sp³-hybridized carbons (Fsp3) is 0.538. The molecule has 2 unspecified atom stereocenters. The van der Waals surface area contributed by atoms with Crippen molar-refractivity contribution in [3.05, 3.63) is 24.0 Å². The van der Waals surface area contributed by atoms with E-state index in [0.717, 1.165) is 31.4 Å². The number of amides is 1. The molecule has 0 spiro atoms. The smallest absolute Gasteiger partial charge is 0.252 e. The van der Waals surface area contributed by atoms with E-state index in [1.807, 2.05) is 0 Å². The average Bonchev–Trinajstić information content (AvgIpc) is 2.39. The molecular weight excluding hydrogens is 230 g/mol. The Kier molecular flexibility index (Phi) is 4.15. The predicted molar refractivity (Wildman–Crippen MR) is 69.2 cm³/mol. The highest BCUT2D eigenvalue weighted by molar-refractivity contribution is 5.98. The number of hydrogen-bond donors (Lipinski definition) is 3. The molecule has 0 bridgehead atoms. The summed E-state index contributed by atoms with van der Waals surface area (Å²) in [5.74, 6) is -0.116. The second kappa shape index (κ2) is 5.82. The van der Waals surface area contributed by atoms with Crippen LogP contribution in [0.5, 0.6) is 0 Å². The summed E-state index contributed by atoms with van der Waals surface area (Å²) in [5.41, 5.74) is 6.47. The maximum absolute atomic E-state index is 11.3. The number of hydrogen-bond acceptors (Lipinski definition) is 4. The summed E-state index contributed by atoms with van der Waals surface area (Å²) in [5, 5.41) is 12.5. The maximum atomic E-state index is 11.3. The molecule has 1 aromatic rings. The molecule has 0 aliphatic heterocycles. The van der Waals surface area contributed by atoms with Gasteiger partial charge in [-0.25, -0.2) is 0 Å². The molecule has 1 amide bonds. The minimum Gasteiger partial charge on any atom is -0.396 e. The summed E-state index contributed by atoms with van der Waals surface area (Å²) >= 11 is 0. The molecule has 5 heteroatoms. The molecule has 0 radical (unpaired) electrons. The predicted octanol–water partition coefficient (Wildman–Crippen LogP) is 1.14. The summed E-state index contributed by atoms with van der Waals surface area (Å²) < 4.78 is 0. The summed E-state index contributed by atoms with van der Waals surface area (Å²) in [6, 6.07) is 2.05. The standard InChI is InChI=1S/C13H19N3O2/c14-13(18)11-7-15-5-4-12(11)16-10-3-1-2-9(6-10)8-17/h4-5,7,9-10,17H,1-3,6,8H2,(H2,14,18)(H,15,16). The van der Waals surface area contributed by atoms with Crippen molar-refractivity contribution in [2.24, 2.45) is 11.7 Å². The van der Waals surface area contributed by atoms with E-state index in [1.165, 1.54) is 6.20 Å². The number of anilines is 1. The third kappa shape index (κ3) is 2.98. The van der Waals surface area contributed by atoms with Gasteiger partial charge in [0, 0.05) is 25.0 Å². The number of carbonyl (C=O) groups excluding carboxylic acids is 1. The molecule has 0 aromatic carbocycles. The van der Waals surface area contributed by atoms with Gasteiger partial charge in [0.2, 0.25) is 0 Å². The van der Waals surface area contributed by atoms with Crippen molar-refractivity contribution in [3.63, 3.8) is 0 Å². The number of aromatic nitrogens is 1. The molecule has 1 aliphatic rings. The van der Waals surface area contributed by atoms with Crippen LogP contribution in [0, 0.1) is 5.92 Å². The molecule has 1 heterocycles. The van der Waals surface area contributed by atoms with Crippen LogP contribution in [-0.4, -0.2) is 28.6 Å². The van der Waals surface area contributed by atoms with E-state index < -0.39 is 5.91 Å². The second-order valence-electron chi connectivity index (χ2n) is 4.84. The largest absolute Gasteiger partial charge is 0.396 e. The number of aliphatic hydroxyl groups is 1. The van der Waals surface area contributed by atoms with Crippen molar-refractivity contribution in [2.45, 2.75) is 31.7 Å². The first-order valence-electron chi connectivity index (χ1n) is 6.32. The maximum Gasteiger partial charge on any atom is 0.252 e. The molecule has 2 atom stereocenters. The Morgan fingerprint density at radius 3 is 3.11 bits per heavy atom. The fourth-order valence-electron chi connectivity index (χ4n) is 2.52. The van der Waals surface area contributed by atoms with Gasteiger partial charge in [0.1, 0.15) is 0 Å². The third-order valence-electron chi connectivity index (χ3n) is 3.49. The zero-order valence-electron chi connectivity index (χ0n) is 10.3. The third-order valence-corrected chi connectivity index (χ3v) is 3.49. The molecule has 98 valence electrons. The van der Waals surface area contributed by atoms with Gasteiger partial charge >= 0.3 is 0 Å². The minimum atomic E-state index is -0.472. The Hall–Kier alpha value is -1.62. The molecule has 18 heavy (non-hydrogen) atoms. The van der Waals surface area contributed by atoms with E-state index in [-0.39, 0.29) is 12.6 Å². The molecule has 1 aromatic heterocycles. The van der Waals surface area contributed by atoms with Gasteiger partial charge in [-0.05, 0) is 31.2 Å². The van der Waals surface area contributed by atoms with Crippen molar-refractivity contribution in [1.29, 1.82) is 0 Å². The molecule has 1 aliphatic carbocycles. The van der Waals surface area contributed by atoms with Gasteiger partial charge in [0.25, 0.3) is 5.91 Å². The Bertz CT molecular complexity index is 422. The molecular formula is C13H19N3O2. The number of aliphatic hydroxyl groups excluding tert-OH is 1. The Morgan fingerprint density at radius 2 is 2.39 bits per heavy atom. The van der Waals surface area contributed by atoms with E-state index in [1.54, 1.807) is 12.3 Å². The van der Waals surface area contributed by atoms with E-state index in [9.17, 15) is 9.90 Å². The van der Waals surface area contributed by atoms with Crippen LogP contribution in [0.4, 0.5) is 5.69 Å². The highest BCUT2D eigenvalue weighted by Gasteiger charge is 2.22. The Labute approximate surface area is 106 Å². The highest BCUT2D eigenvalue weighted by Crippen LogP contribution is 2.27. The topological polar surface area (TPSA) is 88.2 Å². The lowest BCUT2D eigenvalue weighted by Crippen LogP contribution is -2.29. The number of pyridine rings is 1. The highest BCUT2D eigenvalue weighted by atomic mass is 16.3. The van der Waals surface area contributed by atoms with Crippen molar-refractivity contribution in [1.82, 2.24) is 4.98 Å². The quantitative estimate of drug-likeness (QED) is 0.746. The van der Waals surface area contributed by atoms with Gasteiger partial charge < -0.3 is 16.2 Å². The van der Waals surface area contributed by atoms with Crippen LogP contribution >= 0.6 is 0 Å². The molecule has 0 saturated heterocycles. The zero-order chi connectivity index (χ0) is 13.0. The fourth-order valence-corrected chi connectivity index (χ4v) is 2.52. The molecule has 4 N–H and O–H groups in total. The zero-order valence-corrected chi connectivity index (χ0v) is 10.3. The minimum absolute atomic E-state index is 0.233. The first-order chi connectivity index (χ1) is 8.70. The van der Waals surface area contributed by atoms with Crippen molar-refractivity contribution in [2.75, 3.05) is 11.9 Å². The van der Waals surface area contributed by atoms with Crippen LogP contribution in [0.3, 0.4) is 0 Å². The van der Waals surface area contributed by atoms with Crippen LogP contribution < -0.4 is 11.1 Å². The van der Waals surface area contributed by atoms with Crippen molar-refractivity contribution in [3.8, 4) is 0 Å². The lowest BCUT2D eigenvalue weighted by atomic mass is 9.86. The normalized spacial score (nSPS) is 23.6. The lowest BCUT2D eigenvalue weighted by Gasteiger charge is -2.29.